The average molecular weight is 361 g/mol. The molecule has 0 fully saturated rings. The first kappa shape index (κ1) is 18.1. The first-order valence-corrected chi connectivity index (χ1v) is 7.51. The van der Waals surface area contributed by atoms with Crippen LogP contribution in [0.5, 0.6) is 11.5 Å². The van der Waals surface area contributed by atoms with Gasteiger partial charge in [-0.2, -0.15) is 0 Å². The Morgan fingerprint density at radius 2 is 1.80 bits per heavy atom. The number of hydrogen-bond donors (Lipinski definition) is 2. The van der Waals surface area contributed by atoms with Crippen LogP contribution in [0.1, 0.15) is 0 Å². The Bertz CT molecular complexity index is 780. The number of nitro groups is 1. The largest absolute Gasteiger partial charge is 0.493 e. The van der Waals surface area contributed by atoms with Crippen LogP contribution in [0.4, 0.5) is 11.4 Å². The smallest absolute Gasteiger partial charge is 0.269 e. The number of anilines is 1. The highest BCUT2D eigenvalue weighted by molar-refractivity contribution is 7.80. The molecular weight excluding hydrogens is 346 g/mol. The van der Waals surface area contributed by atoms with Gasteiger partial charge in [0.25, 0.3) is 11.6 Å². The molecule has 0 unspecified atom stereocenters. The SMILES string of the molecule is COc1ccccc1OCC(=O)NC(=S)Nc1ccc([N+](=O)[O-])cc1. The zero-order valence-corrected chi connectivity index (χ0v) is 14.0. The fourth-order valence-corrected chi connectivity index (χ4v) is 2.10. The highest BCUT2D eigenvalue weighted by Gasteiger charge is 2.09. The van der Waals surface area contributed by atoms with Crippen LogP contribution < -0.4 is 20.1 Å². The molecule has 0 radical (unpaired) electrons. The van der Waals surface area contributed by atoms with E-state index in [1.807, 2.05) is 0 Å². The van der Waals surface area contributed by atoms with E-state index in [1.54, 1.807) is 24.3 Å². The first-order valence-electron chi connectivity index (χ1n) is 7.10. The molecule has 8 nitrogen and oxygen atoms in total. The number of methoxy groups -OCH3 is 1. The number of para-hydroxylation sites is 2. The van der Waals surface area contributed by atoms with Gasteiger partial charge in [-0.05, 0) is 36.5 Å². The van der Waals surface area contributed by atoms with Crippen molar-refractivity contribution in [1.29, 1.82) is 0 Å². The number of nitrogens with one attached hydrogen (secondary N) is 2. The molecule has 0 saturated carbocycles. The van der Waals surface area contributed by atoms with Crippen LogP contribution in [0.2, 0.25) is 0 Å². The van der Waals surface area contributed by atoms with Gasteiger partial charge >= 0.3 is 0 Å². The second-order valence-corrected chi connectivity index (χ2v) is 5.15. The summed E-state index contributed by atoms with van der Waals surface area (Å²) in [6.07, 6.45) is 0. The fourth-order valence-electron chi connectivity index (χ4n) is 1.87. The van der Waals surface area contributed by atoms with E-state index in [4.69, 9.17) is 21.7 Å². The Kier molecular flexibility index (Phi) is 6.24. The lowest BCUT2D eigenvalue weighted by Crippen LogP contribution is -2.37. The maximum Gasteiger partial charge on any atom is 0.269 e. The number of carbonyl (C=O) groups excluding carboxylic acids is 1. The Balaban J connectivity index is 1.83. The Morgan fingerprint density at radius 3 is 2.40 bits per heavy atom. The minimum Gasteiger partial charge on any atom is -0.493 e. The lowest BCUT2D eigenvalue weighted by atomic mass is 10.3. The minimum atomic E-state index is -0.501. The van der Waals surface area contributed by atoms with Crippen LogP contribution >= 0.6 is 12.2 Å². The summed E-state index contributed by atoms with van der Waals surface area (Å²) in [7, 11) is 1.51. The van der Waals surface area contributed by atoms with Crippen molar-refractivity contribution >= 4 is 34.6 Å². The van der Waals surface area contributed by atoms with Gasteiger partial charge in [-0.3, -0.25) is 20.2 Å². The molecule has 25 heavy (non-hydrogen) atoms. The van der Waals surface area contributed by atoms with Gasteiger partial charge in [0.15, 0.2) is 23.2 Å². The molecule has 2 aromatic rings. The number of hydrogen-bond acceptors (Lipinski definition) is 6. The van der Waals surface area contributed by atoms with Gasteiger partial charge in [-0.1, -0.05) is 12.1 Å². The van der Waals surface area contributed by atoms with E-state index in [1.165, 1.54) is 31.4 Å². The summed E-state index contributed by atoms with van der Waals surface area (Å²) in [5.74, 6) is 0.501. The van der Waals surface area contributed by atoms with Crippen LogP contribution in [-0.4, -0.2) is 29.7 Å². The number of thiocarbonyl (C=S) groups is 1. The summed E-state index contributed by atoms with van der Waals surface area (Å²) in [5, 5.41) is 15.9. The van der Waals surface area contributed by atoms with Crippen molar-refractivity contribution in [2.24, 2.45) is 0 Å². The number of nitrogens with zero attached hydrogens (tertiary/aromatic N) is 1. The second kappa shape index (κ2) is 8.60. The quantitative estimate of drug-likeness (QED) is 0.463. The number of non-ortho nitro benzene ring substituents is 1. The zero-order chi connectivity index (χ0) is 18.2. The average Bonchev–Trinajstić information content (AvgIpc) is 2.60. The molecule has 0 saturated heterocycles. The second-order valence-electron chi connectivity index (χ2n) is 4.75. The number of ether oxygens (including phenoxy) is 2. The molecule has 0 aliphatic rings. The third kappa shape index (κ3) is 5.43. The van der Waals surface area contributed by atoms with Crippen LogP contribution in [0.25, 0.3) is 0 Å². The molecular formula is C16H15N3O5S. The first-order chi connectivity index (χ1) is 12.0. The van der Waals surface area contributed by atoms with Crippen molar-refractivity contribution in [2.75, 3.05) is 19.0 Å². The van der Waals surface area contributed by atoms with Crippen molar-refractivity contribution in [3.05, 3.63) is 58.6 Å². The predicted molar refractivity (Wildman–Crippen MR) is 95.9 cm³/mol. The van der Waals surface area contributed by atoms with Crippen LogP contribution in [0.3, 0.4) is 0 Å². The summed E-state index contributed by atoms with van der Waals surface area (Å²) >= 11 is 5.02. The summed E-state index contributed by atoms with van der Waals surface area (Å²) in [6, 6.07) is 12.6. The molecule has 0 aliphatic heterocycles. The Morgan fingerprint density at radius 1 is 1.16 bits per heavy atom. The van der Waals surface area contributed by atoms with E-state index in [-0.39, 0.29) is 17.4 Å². The number of nitro benzene ring substituents is 1. The summed E-state index contributed by atoms with van der Waals surface area (Å²) in [6.45, 7) is -0.248. The topological polar surface area (TPSA) is 103 Å². The normalized spacial score (nSPS) is 9.80. The maximum absolute atomic E-state index is 11.9. The number of rotatable bonds is 6. The predicted octanol–water partition coefficient (Wildman–Crippen LogP) is 2.50. The third-order valence-electron chi connectivity index (χ3n) is 3.02. The van der Waals surface area contributed by atoms with E-state index in [0.717, 1.165) is 0 Å². The van der Waals surface area contributed by atoms with Gasteiger partial charge in [0.1, 0.15) is 0 Å². The van der Waals surface area contributed by atoms with Crippen molar-refractivity contribution < 1.29 is 19.2 Å². The van der Waals surface area contributed by atoms with Gasteiger partial charge in [0, 0.05) is 17.8 Å². The summed E-state index contributed by atoms with van der Waals surface area (Å²) < 4.78 is 10.5. The monoisotopic (exact) mass is 361 g/mol. The van der Waals surface area contributed by atoms with Crippen LogP contribution in [0.15, 0.2) is 48.5 Å². The summed E-state index contributed by atoms with van der Waals surface area (Å²) in [4.78, 5) is 22.0. The number of benzene rings is 2. The molecule has 2 rings (SSSR count). The number of amides is 1. The lowest BCUT2D eigenvalue weighted by Gasteiger charge is -2.12. The zero-order valence-electron chi connectivity index (χ0n) is 13.2. The molecule has 0 atom stereocenters. The van der Waals surface area contributed by atoms with E-state index in [0.29, 0.717) is 17.2 Å². The van der Waals surface area contributed by atoms with Gasteiger partial charge in [0.2, 0.25) is 0 Å². The van der Waals surface area contributed by atoms with Gasteiger partial charge in [-0.25, -0.2) is 0 Å². The van der Waals surface area contributed by atoms with E-state index in [2.05, 4.69) is 10.6 Å². The fraction of sp³-hybridized carbons (Fsp3) is 0.125. The molecule has 0 spiro atoms. The van der Waals surface area contributed by atoms with Crippen LogP contribution in [-0.2, 0) is 4.79 Å². The van der Waals surface area contributed by atoms with Gasteiger partial charge in [0.05, 0.1) is 12.0 Å². The Hall–Kier alpha value is -3.20. The minimum absolute atomic E-state index is 0.0364. The van der Waals surface area contributed by atoms with E-state index in [9.17, 15) is 14.9 Å². The highest BCUT2D eigenvalue weighted by Crippen LogP contribution is 2.25. The van der Waals surface area contributed by atoms with Gasteiger partial charge < -0.3 is 14.8 Å². The van der Waals surface area contributed by atoms with Crippen molar-refractivity contribution in [3.8, 4) is 11.5 Å². The molecule has 0 aliphatic carbocycles. The summed E-state index contributed by atoms with van der Waals surface area (Å²) in [5.41, 5.74) is 0.479. The standard InChI is InChI=1S/C16H15N3O5S/c1-23-13-4-2-3-5-14(13)24-10-15(20)18-16(25)17-11-6-8-12(9-7-11)19(21)22/h2-9H,10H2,1H3,(H2,17,18,20,25). The molecule has 0 heterocycles. The van der Waals surface area contributed by atoms with Crippen LogP contribution in [0, 0.1) is 10.1 Å². The van der Waals surface area contributed by atoms with E-state index >= 15 is 0 Å². The molecule has 0 bridgehead atoms. The molecule has 2 N–H and O–H groups in total. The van der Waals surface area contributed by atoms with Crippen molar-refractivity contribution in [2.45, 2.75) is 0 Å². The molecule has 2 aromatic carbocycles. The highest BCUT2D eigenvalue weighted by atomic mass is 32.1. The molecule has 0 aromatic heterocycles. The molecule has 1 amide bonds. The Labute approximate surface area is 148 Å². The van der Waals surface area contributed by atoms with Crippen molar-refractivity contribution in [3.63, 3.8) is 0 Å². The third-order valence-corrected chi connectivity index (χ3v) is 3.22. The van der Waals surface area contributed by atoms with Gasteiger partial charge in [-0.15, -0.1) is 0 Å². The number of carbonyl (C=O) groups is 1. The van der Waals surface area contributed by atoms with E-state index < -0.39 is 10.8 Å². The molecule has 9 heteroatoms. The molecule has 130 valence electrons. The van der Waals surface area contributed by atoms with Crippen molar-refractivity contribution in [1.82, 2.24) is 5.32 Å². The maximum atomic E-state index is 11.9. The lowest BCUT2D eigenvalue weighted by molar-refractivity contribution is -0.384.